The van der Waals surface area contributed by atoms with E-state index in [1.54, 1.807) is 0 Å². The maximum absolute atomic E-state index is 12.6. The normalized spacial score (nSPS) is 24.8. The van der Waals surface area contributed by atoms with Crippen LogP contribution in [0.5, 0.6) is 0 Å². The molecule has 0 spiro atoms. The van der Waals surface area contributed by atoms with Crippen LogP contribution in [0.2, 0.25) is 0 Å². The van der Waals surface area contributed by atoms with Crippen LogP contribution in [0, 0.1) is 5.92 Å². The van der Waals surface area contributed by atoms with Crippen LogP contribution >= 0.6 is 11.5 Å². The van der Waals surface area contributed by atoms with Gasteiger partial charge in [0.2, 0.25) is 0 Å². The average Bonchev–Trinajstić information content (AvgIpc) is 2.81. The van der Waals surface area contributed by atoms with E-state index >= 15 is 0 Å². The van der Waals surface area contributed by atoms with Gasteiger partial charge in [-0.1, -0.05) is 10.9 Å². The first kappa shape index (κ1) is 13.3. The first-order valence-electron chi connectivity index (χ1n) is 5.61. The number of nitrogens with one attached hydrogen (secondary N) is 1. The molecule has 0 unspecified atom stereocenters. The molecule has 2 rings (SSSR count). The number of carbonyl (C=O) groups is 1. The van der Waals surface area contributed by atoms with Crippen LogP contribution in [-0.4, -0.2) is 27.7 Å². The molecule has 1 aromatic heterocycles. The van der Waals surface area contributed by atoms with E-state index in [0.29, 0.717) is 17.7 Å². The molecule has 8 heteroatoms. The molecule has 1 saturated carbocycles. The van der Waals surface area contributed by atoms with Gasteiger partial charge in [0.1, 0.15) is 4.88 Å². The van der Waals surface area contributed by atoms with Crippen LogP contribution in [0.3, 0.4) is 0 Å². The number of amides is 1. The average molecular weight is 279 g/mol. The van der Waals surface area contributed by atoms with Gasteiger partial charge in [0, 0.05) is 6.04 Å². The Balaban J connectivity index is 1.92. The summed E-state index contributed by atoms with van der Waals surface area (Å²) in [5.41, 5.74) is 0. The van der Waals surface area contributed by atoms with Crippen LogP contribution in [0.15, 0.2) is 6.20 Å². The maximum atomic E-state index is 12.6. The van der Waals surface area contributed by atoms with E-state index in [1.807, 2.05) is 0 Å². The van der Waals surface area contributed by atoms with E-state index < -0.39 is 24.0 Å². The first-order valence-corrected chi connectivity index (χ1v) is 6.39. The Hall–Kier alpha value is -1.18. The number of halogens is 3. The summed E-state index contributed by atoms with van der Waals surface area (Å²) in [5.74, 6) is -1.70. The highest BCUT2D eigenvalue weighted by Gasteiger charge is 2.42. The summed E-state index contributed by atoms with van der Waals surface area (Å²) in [7, 11) is 0. The van der Waals surface area contributed by atoms with Gasteiger partial charge in [-0.15, -0.1) is 5.10 Å². The molecule has 1 aromatic rings. The smallest absolute Gasteiger partial charge is 0.348 e. The summed E-state index contributed by atoms with van der Waals surface area (Å²) in [6.07, 6.45) is -1.68. The molecular weight excluding hydrogens is 267 g/mol. The number of hydrogen-bond donors (Lipinski definition) is 1. The molecule has 0 bridgehead atoms. The van der Waals surface area contributed by atoms with Crippen LogP contribution in [0.25, 0.3) is 0 Å². The Bertz CT molecular complexity index is 407. The Morgan fingerprint density at radius 3 is 2.83 bits per heavy atom. The van der Waals surface area contributed by atoms with Crippen molar-refractivity contribution in [3.8, 4) is 0 Å². The number of nitrogens with zero attached hydrogens (tertiary/aromatic N) is 2. The molecular formula is C10H12F3N3OS. The van der Waals surface area contributed by atoms with Crippen molar-refractivity contribution >= 4 is 17.4 Å². The summed E-state index contributed by atoms with van der Waals surface area (Å²) in [5, 5.41) is 6.13. The van der Waals surface area contributed by atoms with Gasteiger partial charge in [0.25, 0.3) is 5.91 Å². The third-order valence-corrected chi connectivity index (χ3v) is 3.72. The van der Waals surface area contributed by atoms with Crippen molar-refractivity contribution in [1.29, 1.82) is 0 Å². The van der Waals surface area contributed by atoms with Crippen molar-refractivity contribution in [3.63, 3.8) is 0 Å². The number of rotatable bonds is 2. The van der Waals surface area contributed by atoms with Crippen LogP contribution in [-0.2, 0) is 0 Å². The summed E-state index contributed by atoms with van der Waals surface area (Å²) in [6, 6.07) is -0.417. The predicted molar refractivity (Wildman–Crippen MR) is 59.2 cm³/mol. The minimum atomic E-state index is -4.17. The van der Waals surface area contributed by atoms with E-state index in [9.17, 15) is 18.0 Å². The van der Waals surface area contributed by atoms with Crippen molar-refractivity contribution in [2.24, 2.45) is 5.92 Å². The van der Waals surface area contributed by atoms with Gasteiger partial charge in [0.05, 0.1) is 12.1 Å². The fraction of sp³-hybridized carbons (Fsp3) is 0.700. The largest absolute Gasteiger partial charge is 0.391 e. The standard InChI is InChI=1S/C10H12F3N3OS/c11-10(12,13)6-2-1-3-7(4-6)15-9(17)8-5-14-16-18-8/h5-7H,1-4H2,(H,15,17)/t6-,7-/m0/s1. The van der Waals surface area contributed by atoms with Gasteiger partial charge < -0.3 is 5.32 Å². The molecule has 1 aliphatic carbocycles. The second kappa shape index (κ2) is 5.21. The lowest BCUT2D eigenvalue weighted by molar-refractivity contribution is -0.183. The minimum Gasteiger partial charge on any atom is -0.348 e. The molecule has 1 aliphatic rings. The van der Waals surface area contributed by atoms with E-state index in [1.165, 1.54) is 6.20 Å². The van der Waals surface area contributed by atoms with E-state index in [4.69, 9.17) is 0 Å². The highest BCUT2D eigenvalue weighted by molar-refractivity contribution is 7.07. The fourth-order valence-electron chi connectivity index (χ4n) is 2.14. The Morgan fingerprint density at radius 2 is 2.22 bits per heavy atom. The van der Waals surface area contributed by atoms with Crippen molar-refractivity contribution in [2.45, 2.75) is 37.9 Å². The molecule has 1 heterocycles. The summed E-state index contributed by atoms with van der Waals surface area (Å²) < 4.78 is 41.3. The highest BCUT2D eigenvalue weighted by atomic mass is 32.1. The number of hydrogen-bond acceptors (Lipinski definition) is 4. The lowest BCUT2D eigenvalue weighted by Gasteiger charge is -2.30. The SMILES string of the molecule is O=C(N[C@H]1CCC[C@H](C(F)(F)F)C1)c1cnns1. The number of carbonyl (C=O) groups excluding carboxylic acids is 1. The monoisotopic (exact) mass is 279 g/mol. The van der Waals surface area contributed by atoms with Gasteiger partial charge in [-0.2, -0.15) is 13.2 Å². The van der Waals surface area contributed by atoms with Gasteiger partial charge in [-0.3, -0.25) is 4.79 Å². The van der Waals surface area contributed by atoms with Crippen LogP contribution in [0.4, 0.5) is 13.2 Å². The number of aromatic nitrogens is 2. The topological polar surface area (TPSA) is 54.9 Å². The molecule has 0 aliphatic heterocycles. The second-order valence-electron chi connectivity index (χ2n) is 4.36. The highest BCUT2D eigenvalue weighted by Crippen LogP contribution is 2.37. The van der Waals surface area contributed by atoms with Crippen molar-refractivity contribution < 1.29 is 18.0 Å². The zero-order valence-electron chi connectivity index (χ0n) is 9.41. The summed E-state index contributed by atoms with van der Waals surface area (Å²) >= 11 is 0.931. The van der Waals surface area contributed by atoms with Gasteiger partial charge in [-0.05, 0) is 30.8 Å². The third-order valence-electron chi connectivity index (χ3n) is 3.06. The minimum absolute atomic E-state index is 0.0402. The molecule has 1 fully saturated rings. The van der Waals surface area contributed by atoms with Crippen LogP contribution in [0.1, 0.15) is 35.4 Å². The van der Waals surface area contributed by atoms with Crippen molar-refractivity contribution in [1.82, 2.24) is 14.9 Å². The molecule has 2 atom stereocenters. The quantitative estimate of drug-likeness (QED) is 0.904. The summed E-state index contributed by atoms with van der Waals surface area (Å²) in [6.45, 7) is 0. The number of alkyl halides is 3. The van der Waals surface area contributed by atoms with Crippen molar-refractivity contribution in [3.05, 3.63) is 11.1 Å². The molecule has 0 saturated heterocycles. The first-order chi connectivity index (χ1) is 8.47. The zero-order valence-corrected chi connectivity index (χ0v) is 10.2. The molecule has 1 N–H and O–H groups in total. The Morgan fingerprint density at radius 1 is 1.44 bits per heavy atom. The van der Waals surface area contributed by atoms with Crippen molar-refractivity contribution in [2.75, 3.05) is 0 Å². The summed E-state index contributed by atoms with van der Waals surface area (Å²) in [4.78, 5) is 12.0. The van der Waals surface area contributed by atoms with E-state index in [-0.39, 0.29) is 12.8 Å². The second-order valence-corrected chi connectivity index (χ2v) is 5.14. The lowest BCUT2D eigenvalue weighted by Crippen LogP contribution is -2.41. The van der Waals surface area contributed by atoms with Gasteiger partial charge in [-0.25, -0.2) is 0 Å². The molecule has 100 valence electrons. The van der Waals surface area contributed by atoms with Gasteiger partial charge in [0.15, 0.2) is 0 Å². The lowest BCUT2D eigenvalue weighted by atomic mass is 9.85. The predicted octanol–water partition coefficient (Wildman–Crippen LogP) is 2.39. The molecule has 0 aromatic carbocycles. The fourth-order valence-corrected chi connectivity index (χ4v) is 2.56. The molecule has 0 radical (unpaired) electrons. The zero-order chi connectivity index (χ0) is 13.2. The van der Waals surface area contributed by atoms with Gasteiger partial charge >= 0.3 is 6.18 Å². The Labute approximate surface area is 106 Å². The van der Waals surface area contributed by atoms with Crippen LogP contribution < -0.4 is 5.32 Å². The molecule has 1 amide bonds. The molecule has 4 nitrogen and oxygen atoms in total. The molecule has 18 heavy (non-hydrogen) atoms. The third kappa shape index (κ3) is 3.18. The maximum Gasteiger partial charge on any atom is 0.391 e. The van der Waals surface area contributed by atoms with E-state index in [2.05, 4.69) is 14.9 Å². The Kier molecular flexibility index (Phi) is 3.84. The van der Waals surface area contributed by atoms with E-state index in [0.717, 1.165) is 11.5 Å².